The van der Waals surface area contributed by atoms with E-state index in [-0.39, 0.29) is 46.9 Å². The fourth-order valence-electron chi connectivity index (χ4n) is 10.6. The van der Waals surface area contributed by atoms with Gasteiger partial charge in [0.15, 0.2) is 0 Å². The number of likely N-dealkylation sites (tertiary alicyclic amines) is 2. The summed E-state index contributed by atoms with van der Waals surface area (Å²) < 4.78 is 57.0. The second kappa shape index (κ2) is 19.1. The van der Waals surface area contributed by atoms with Crippen molar-refractivity contribution in [2.24, 2.45) is 17.3 Å². The number of anilines is 1. The van der Waals surface area contributed by atoms with Crippen LogP contribution < -0.4 is 15.4 Å². The topological polar surface area (TPSA) is 162 Å². The van der Waals surface area contributed by atoms with Crippen LogP contribution in [0.15, 0.2) is 30.3 Å². The Kier molecular flexibility index (Phi) is 13.6. The van der Waals surface area contributed by atoms with Gasteiger partial charge in [0.2, 0.25) is 11.8 Å². The first kappa shape index (κ1) is 47.1. The summed E-state index contributed by atoms with van der Waals surface area (Å²) >= 11 is 0. The zero-order chi connectivity index (χ0) is 47.1. The molecule has 5 amide bonds. The number of urea groups is 1. The Morgan fingerprint density at radius 3 is 2.30 bits per heavy atom. The first-order valence-corrected chi connectivity index (χ1v) is 23.3. The number of hydrogen-bond donors (Lipinski definition) is 3. The van der Waals surface area contributed by atoms with Crippen molar-refractivity contribution < 1.29 is 46.6 Å². The van der Waals surface area contributed by atoms with Crippen LogP contribution in [0.3, 0.4) is 0 Å². The number of alkyl carbamates (subject to hydrolysis) is 1. The minimum Gasteiger partial charge on any atom is -0.453 e. The molecule has 358 valence electrons. The van der Waals surface area contributed by atoms with Crippen LogP contribution in [0.4, 0.5) is 28.4 Å². The van der Waals surface area contributed by atoms with E-state index in [1.54, 1.807) is 17.0 Å². The fourth-order valence-corrected chi connectivity index (χ4v) is 10.6. The number of hydrogen-bond acceptors (Lipinski definition) is 9. The molecule has 1 aromatic heterocycles. The fraction of sp³-hybridized carbons (Fsp3) is 0.604. The van der Waals surface area contributed by atoms with Crippen LogP contribution in [0, 0.1) is 17.3 Å². The molecular weight excluding hydrogens is 858 g/mol. The largest absolute Gasteiger partial charge is 0.573 e. The van der Waals surface area contributed by atoms with Crippen molar-refractivity contribution in [1.82, 2.24) is 34.9 Å². The highest BCUT2D eigenvalue weighted by Gasteiger charge is 2.43. The van der Waals surface area contributed by atoms with Gasteiger partial charge in [0.25, 0.3) is 0 Å². The molecular formula is C48H63F3N8O7. The molecule has 3 N–H and O–H groups in total. The number of H-pyrrole nitrogens is 1. The highest BCUT2D eigenvalue weighted by atomic mass is 19.4. The van der Waals surface area contributed by atoms with E-state index in [1.807, 2.05) is 55.7 Å². The maximum absolute atomic E-state index is 14.3. The zero-order valence-corrected chi connectivity index (χ0v) is 38.8. The summed E-state index contributed by atoms with van der Waals surface area (Å²) in [5.41, 5.74) is 3.94. The van der Waals surface area contributed by atoms with Gasteiger partial charge in [0, 0.05) is 87.8 Å². The van der Waals surface area contributed by atoms with Crippen molar-refractivity contribution >= 4 is 52.3 Å². The Hall–Kier alpha value is -5.36. The van der Waals surface area contributed by atoms with Crippen LogP contribution in [0.2, 0.25) is 0 Å². The predicted molar refractivity (Wildman–Crippen MR) is 242 cm³/mol. The molecule has 66 heavy (non-hydrogen) atoms. The summed E-state index contributed by atoms with van der Waals surface area (Å²) in [5.74, 6) is 0.106. The number of piperazine rings is 1. The number of nitrogens with one attached hydrogen (secondary N) is 3. The maximum atomic E-state index is 14.3. The van der Waals surface area contributed by atoms with Gasteiger partial charge in [-0.1, -0.05) is 46.8 Å². The van der Waals surface area contributed by atoms with Crippen LogP contribution in [-0.2, 0) is 19.1 Å². The summed E-state index contributed by atoms with van der Waals surface area (Å²) in [6.07, 6.45) is 0.294. The average Bonchev–Trinajstić information content (AvgIpc) is 3.90. The van der Waals surface area contributed by atoms with Crippen molar-refractivity contribution in [3.05, 3.63) is 52.8 Å². The van der Waals surface area contributed by atoms with Gasteiger partial charge in [-0.15, -0.1) is 13.2 Å². The van der Waals surface area contributed by atoms with Gasteiger partial charge in [0.05, 0.1) is 24.2 Å². The number of imidazole rings is 1. The highest BCUT2D eigenvalue weighted by molar-refractivity contribution is 5.95. The highest BCUT2D eigenvalue weighted by Crippen LogP contribution is 2.45. The Labute approximate surface area is 383 Å². The van der Waals surface area contributed by atoms with Gasteiger partial charge >= 0.3 is 18.5 Å². The number of amides is 5. The SMILES string of the molecule is COC(=O)N[C@H](C(=O)N1C[C@@H](C)C[C@H]1c1nc2c3c(ccc2[nH]1)C=C(c1ccc(NC(=O)N2CCN(C4CCN(C(=O)C(C)(C)C)CC4)CC2)cc1OC(F)(F)F)CC3C)C1CCOCC1. The lowest BCUT2D eigenvalue weighted by molar-refractivity contribution is -0.274. The third-order valence-electron chi connectivity index (χ3n) is 14.0. The standard InChI is InChI=1S/C48H63F3N8O7/c1-28-23-37(59(27-28)43(60)40(55-46(63)64-6)30-13-21-65-22-14-30)42-53-36-10-7-31-25-32(24-29(2)39(31)41(36)54-42)35-9-8-33(26-38(35)66-48(49,50)51)52-45(62)58-19-17-56(18-20-58)34-11-15-57(16-12-34)44(61)47(3,4)5/h7-10,25-26,28-30,34,37,40H,11-24,27H2,1-6H3,(H,52,62)(H,53,54)(H,55,63)/t28-,29?,37-,40-/m0/s1. The number of carbonyl (C=O) groups is 4. The van der Waals surface area contributed by atoms with Gasteiger partial charge in [0.1, 0.15) is 17.6 Å². The Morgan fingerprint density at radius 1 is 0.924 bits per heavy atom. The Balaban J connectivity index is 0.971. The van der Waals surface area contributed by atoms with Crippen LogP contribution >= 0.6 is 0 Å². The monoisotopic (exact) mass is 920 g/mol. The minimum absolute atomic E-state index is 0.108. The van der Waals surface area contributed by atoms with Crippen LogP contribution in [0.25, 0.3) is 22.7 Å². The number of piperidine rings is 1. The number of ether oxygens (including phenoxy) is 3. The second-order valence-corrected chi connectivity index (χ2v) is 19.8. The van der Waals surface area contributed by atoms with Crippen LogP contribution in [-0.4, -0.2) is 138 Å². The third kappa shape index (κ3) is 10.3. The molecule has 4 saturated heterocycles. The molecule has 8 rings (SSSR count). The minimum atomic E-state index is -4.98. The van der Waals surface area contributed by atoms with Crippen LogP contribution in [0.1, 0.15) is 108 Å². The number of benzene rings is 2. The van der Waals surface area contributed by atoms with Gasteiger partial charge in [-0.3, -0.25) is 14.5 Å². The molecule has 2 aromatic carbocycles. The molecule has 0 saturated carbocycles. The average molecular weight is 921 g/mol. The van der Waals surface area contributed by atoms with Gasteiger partial charge in [-0.2, -0.15) is 0 Å². The molecule has 5 heterocycles. The van der Waals surface area contributed by atoms with Crippen molar-refractivity contribution in [2.75, 3.05) is 71.5 Å². The first-order valence-electron chi connectivity index (χ1n) is 23.3. The second-order valence-electron chi connectivity index (χ2n) is 19.8. The normalized spacial score (nSPS) is 23.0. The summed E-state index contributed by atoms with van der Waals surface area (Å²) in [5, 5.41) is 5.61. The number of halogens is 3. The van der Waals surface area contributed by atoms with E-state index in [4.69, 9.17) is 14.5 Å². The van der Waals surface area contributed by atoms with E-state index in [2.05, 4.69) is 32.2 Å². The summed E-state index contributed by atoms with van der Waals surface area (Å²) in [6, 6.07) is 7.00. The predicted octanol–water partition coefficient (Wildman–Crippen LogP) is 7.76. The summed E-state index contributed by atoms with van der Waals surface area (Å²) in [7, 11) is 1.28. The van der Waals surface area contributed by atoms with Gasteiger partial charge in [-0.05, 0) is 91.2 Å². The van der Waals surface area contributed by atoms with E-state index in [9.17, 15) is 32.3 Å². The van der Waals surface area contributed by atoms with E-state index in [0.717, 1.165) is 35.0 Å². The van der Waals surface area contributed by atoms with Crippen molar-refractivity contribution in [1.29, 1.82) is 0 Å². The van der Waals surface area contributed by atoms with E-state index < -0.39 is 35.7 Å². The molecule has 4 atom stereocenters. The van der Waals surface area contributed by atoms with E-state index >= 15 is 0 Å². The van der Waals surface area contributed by atoms with Crippen molar-refractivity contribution in [3.63, 3.8) is 0 Å². The number of nitrogens with zero attached hydrogens (tertiary/aromatic N) is 5. The number of rotatable bonds is 8. The molecule has 0 radical (unpaired) electrons. The summed E-state index contributed by atoms with van der Waals surface area (Å²) in [4.78, 5) is 69.3. The Morgan fingerprint density at radius 2 is 1.64 bits per heavy atom. The maximum Gasteiger partial charge on any atom is 0.573 e. The number of alkyl halides is 3. The van der Waals surface area contributed by atoms with E-state index in [0.29, 0.717) is 102 Å². The molecule has 3 aromatic rings. The zero-order valence-electron chi connectivity index (χ0n) is 38.8. The summed E-state index contributed by atoms with van der Waals surface area (Å²) in [6.45, 7) is 15.1. The Bertz CT molecular complexity index is 2320. The molecule has 15 nitrogen and oxygen atoms in total. The molecule has 4 fully saturated rings. The van der Waals surface area contributed by atoms with Gasteiger partial charge < -0.3 is 44.5 Å². The third-order valence-corrected chi connectivity index (χ3v) is 14.0. The van der Waals surface area contributed by atoms with Crippen molar-refractivity contribution in [2.45, 2.75) is 104 Å². The first-order chi connectivity index (χ1) is 31.4. The number of methoxy groups -OCH3 is 1. The lowest BCUT2D eigenvalue weighted by Gasteiger charge is -2.43. The number of aromatic amines is 1. The number of carbonyl (C=O) groups excluding carboxylic acids is 4. The lowest BCUT2D eigenvalue weighted by atomic mass is 9.81. The molecule has 4 aliphatic heterocycles. The molecule has 1 aliphatic carbocycles. The van der Waals surface area contributed by atoms with Gasteiger partial charge in [-0.25, -0.2) is 14.6 Å². The molecule has 0 spiro atoms. The number of aromatic nitrogens is 2. The van der Waals surface area contributed by atoms with E-state index in [1.165, 1.54) is 13.2 Å². The number of fused-ring (bicyclic) bond motifs is 3. The molecule has 5 aliphatic rings. The quantitative estimate of drug-likeness (QED) is 0.205. The van der Waals surface area contributed by atoms with Crippen molar-refractivity contribution in [3.8, 4) is 5.75 Å². The smallest absolute Gasteiger partial charge is 0.453 e. The molecule has 0 bridgehead atoms. The van der Waals surface area contributed by atoms with Crippen LogP contribution in [0.5, 0.6) is 5.75 Å². The number of allylic oxidation sites excluding steroid dienone is 1. The lowest BCUT2D eigenvalue weighted by Crippen LogP contribution is -2.56. The molecule has 1 unspecified atom stereocenters. The molecule has 18 heteroatoms.